The van der Waals surface area contributed by atoms with E-state index in [0.717, 1.165) is 22.4 Å². The molecule has 1 aliphatic rings. The molecule has 3 rings (SSSR count). The van der Waals surface area contributed by atoms with Gasteiger partial charge in [-0.15, -0.1) is 0 Å². The molecule has 1 fully saturated rings. The lowest BCUT2D eigenvalue weighted by atomic mass is 9.96. The zero-order chi connectivity index (χ0) is 18.5. The zero-order valence-electron chi connectivity index (χ0n) is 15.4. The van der Waals surface area contributed by atoms with E-state index in [2.05, 4.69) is 15.3 Å². The molecule has 1 atom stereocenters. The predicted octanol–water partition coefficient (Wildman–Crippen LogP) is 1.42. The molecule has 7 heteroatoms. The summed E-state index contributed by atoms with van der Waals surface area (Å²) in [5.41, 5.74) is 3.14. The molecule has 1 aromatic heterocycles. The number of hydrogen-bond donors (Lipinski definition) is 2. The second-order valence-corrected chi connectivity index (χ2v) is 6.76. The van der Waals surface area contributed by atoms with Crippen molar-refractivity contribution in [2.75, 3.05) is 33.4 Å². The largest absolute Gasteiger partial charge is 0.383 e. The highest BCUT2D eigenvalue weighted by molar-refractivity contribution is 5.83. The number of rotatable bonds is 7. The Labute approximate surface area is 153 Å². The van der Waals surface area contributed by atoms with Crippen LogP contribution in [-0.4, -0.2) is 60.0 Å². The van der Waals surface area contributed by atoms with Gasteiger partial charge in [0.25, 0.3) is 0 Å². The number of fused-ring (bicyclic) bond motifs is 1. The third-order valence-electron chi connectivity index (χ3n) is 4.86. The molecule has 1 aromatic carbocycles. The summed E-state index contributed by atoms with van der Waals surface area (Å²) in [4.78, 5) is 34.0. The predicted molar refractivity (Wildman–Crippen MR) is 98.7 cm³/mol. The van der Waals surface area contributed by atoms with Crippen LogP contribution in [0.4, 0.5) is 0 Å². The Morgan fingerprint density at radius 2 is 2.31 bits per heavy atom. The molecule has 1 unspecified atom stereocenters. The van der Waals surface area contributed by atoms with Gasteiger partial charge in [0, 0.05) is 39.6 Å². The maximum Gasteiger partial charge on any atom is 0.224 e. The van der Waals surface area contributed by atoms with E-state index in [0.29, 0.717) is 45.5 Å². The van der Waals surface area contributed by atoms with Gasteiger partial charge in [0.15, 0.2) is 0 Å². The lowest BCUT2D eigenvalue weighted by Gasteiger charge is -2.31. The smallest absolute Gasteiger partial charge is 0.224 e. The van der Waals surface area contributed by atoms with Crippen LogP contribution in [0, 0.1) is 12.8 Å². The lowest BCUT2D eigenvalue weighted by Crippen LogP contribution is -2.47. The number of aryl methyl sites for hydroxylation is 1. The number of para-hydroxylation sites is 1. The van der Waals surface area contributed by atoms with Gasteiger partial charge in [0.1, 0.15) is 5.82 Å². The number of imidazole rings is 1. The molecule has 2 amide bonds. The van der Waals surface area contributed by atoms with Crippen molar-refractivity contribution in [3.63, 3.8) is 0 Å². The SMILES string of the molecule is COCCN1CC(C(=O)NCCc2nc3c(C)cccc3[nH]2)CCC1=O. The minimum Gasteiger partial charge on any atom is -0.383 e. The Morgan fingerprint density at radius 3 is 3.08 bits per heavy atom. The van der Waals surface area contributed by atoms with E-state index in [1.165, 1.54) is 0 Å². The number of carbonyl (C=O) groups excluding carboxylic acids is 2. The molecule has 0 radical (unpaired) electrons. The van der Waals surface area contributed by atoms with Gasteiger partial charge in [-0.1, -0.05) is 12.1 Å². The monoisotopic (exact) mass is 358 g/mol. The highest BCUT2D eigenvalue weighted by Crippen LogP contribution is 2.18. The minimum absolute atomic E-state index is 0.00667. The van der Waals surface area contributed by atoms with Crippen LogP contribution < -0.4 is 5.32 Å². The topological polar surface area (TPSA) is 87.3 Å². The van der Waals surface area contributed by atoms with Crippen molar-refractivity contribution in [3.05, 3.63) is 29.6 Å². The highest BCUT2D eigenvalue weighted by atomic mass is 16.5. The van der Waals surface area contributed by atoms with Gasteiger partial charge in [-0.05, 0) is 25.0 Å². The maximum absolute atomic E-state index is 12.4. The Kier molecular flexibility index (Phi) is 5.88. The second-order valence-electron chi connectivity index (χ2n) is 6.76. The normalized spacial score (nSPS) is 17.7. The van der Waals surface area contributed by atoms with Crippen LogP contribution in [0.2, 0.25) is 0 Å². The number of amides is 2. The highest BCUT2D eigenvalue weighted by Gasteiger charge is 2.29. The minimum atomic E-state index is -0.150. The molecule has 0 saturated carbocycles. The van der Waals surface area contributed by atoms with Crippen molar-refractivity contribution in [1.29, 1.82) is 0 Å². The van der Waals surface area contributed by atoms with E-state index in [4.69, 9.17) is 4.74 Å². The number of methoxy groups -OCH3 is 1. The van der Waals surface area contributed by atoms with E-state index in [-0.39, 0.29) is 17.7 Å². The molecule has 2 aromatic rings. The van der Waals surface area contributed by atoms with E-state index >= 15 is 0 Å². The van der Waals surface area contributed by atoms with Crippen LogP contribution in [0.5, 0.6) is 0 Å². The molecular formula is C19H26N4O3. The number of ether oxygens (including phenoxy) is 1. The fourth-order valence-electron chi connectivity index (χ4n) is 3.34. The number of aromatic amines is 1. The molecule has 2 heterocycles. The fourth-order valence-corrected chi connectivity index (χ4v) is 3.34. The van der Waals surface area contributed by atoms with Crippen LogP contribution in [0.3, 0.4) is 0 Å². The van der Waals surface area contributed by atoms with Crippen molar-refractivity contribution in [2.45, 2.75) is 26.2 Å². The Morgan fingerprint density at radius 1 is 1.46 bits per heavy atom. The first-order chi connectivity index (χ1) is 12.6. The van der Waals surface area contributed by atoms with Crippen LogP contribution >= 0.6 is 0 Å². The van der Waals surface area contributed by atoms with Gasteiger partial charge in [-0.25, -0.2) is 4.98 Å². The Balaban J connectivity index is 1.50. The standard InChI is InChI=1S/C19H26N4O3/c1-13-4-3-5-15-18(13)22-16(21-15)8-9-20-19(25)14-6-7-17(24)23(12-14)10-11-26-2/h3-5,14H,6-12H2,1-2H3,(H,20,25)(H,21,22). The third-order valence-corrected chi connectivity index (χ3v) is 4.86. The van der Waals surface area contributed by atoms with Crippen LogP contribution in [0.25, 0.3) is 11.0 Å². The number of nitrogens with one attached hydrogen (secondary N) is 2. The van der Waals surface area contributed by atoms with Crippen LogP contribution in [-0.2, 0) is 20.7 Å². The molecule has 140 valence electrons. The van der Waals surface area contributed by atoms with Gasteiger partial charge < -0.3 is 19.9 Å². The lowest BCUT2D eigenvalue weighted by molar-refractivity contribution is -0.138. The summed E-state index contributed by atoms with van der Waals surface area (Å²) < 4.78 is 5.03. The maximum atomic E-state index is 12.4. The summed E-state index contributed by atoms with van der Waals surface area (Å²) in [5, 5.41) is 2.98. The van der Waals surface area contributed by atoms with Crippen LogP contribution in [0.1, 0.15) is 24.2 Å². The van der Waals surface area contributed by atoms with Crippen molar-refractivity contribution in [2.24, 2.45) is 5.92 Å². The first-order valence-electron chi connectivity index (χ1n) is 9.07. The van der Waals surface area contributed by atoms with Crippen molar-refractivity contribution < 1.29 is 14.3 Å². The molecule has 0 spiro atoms. The van der Waals surface area contributed by atoms with Crippen molar-refractivity contribution in [3.8, 4) is 0 Å². The summed E-state index contributed by atoms with van der Waals surface area (Å²) in [5.74, 6) is 0.827. The Bertz CT molecular complexity index is 786. The number of likely N-dealkylation sites (tertiary alicyclic amines) is 1. The number of benzene rings is 1. The molecule has 0 bridgehead atoms. The zero-order valence-corrected chi connectivity index (χ0v) is 15.4. The van der Waals surface area contributed by atoms with E-state index in [9.17, 15) is 9.59 Å². The number of carbonyl (C=O) groups is 2. The number of piperidine rings is 1. The third kappa shape index (κ3) is 4.22. The van der Waals surface area contributed by atoms with Gasteiger partial charge >= 0.3 is 0 Å². The second kappa shape index (κ2) is 8.31. The number of aromatic nitrogens is 2. The molecule has 1 saturated heterocycles. The van der Waals surface area contributed by atoms with Gasteiger partial charge in [-0.3, -0.25) is 9.59 Å². The Hall–Kier alpha value is -2.41. The van der Waals surface area contributed by atoms with E-state index in [1.54, 1.807) is 12.0 Å². The summed E-state index contributed by atoms with van der Waals surface area (Å²) in [7, 11) is 1.61. The van der Waals surface area contributed by atoms with Crippen LogP contribution in [0.15, 0.2) is 18.2 Å². The van der Waals surface area contributed by atoms with Gasteiger partial charge in [0.2, 0.25) is 11.8 Å². The number of nitrogens with zero attached hydrogens (tertiary/aromatic N) is 2. The summed E-state index contributed by atoms with van der Waals surface area (Å²) >= 11 is 0. The van der Waals surface area contributed by atoms with Crippen molar-refractivity contribution >= 4 is 22.8 Å². The quantitative estimate of drug-likeness (QED) is 0.783. The number of hydrogen-bond acceptors (Lipinski definition) is 4. The summed E-state index contributed by atoms with van der Waals surface area (Å²) in [6, 6.07) is 6.04. The summed E-state index contributed by atoms with van der Waals surface area (Å²) in [6.07, 6.45) is 1.68. The first kappa shape index (κ1) is 18.4. The molecule has 0 aliphatic carbocycles. The molecule has 7 nitrogen and oxygen atoms in total. The van der Waals surface area contributed by atoms with Gasteiger partial charge in [-0.2, -0.15) is 0 Å². The molecule has 2 N–H and O–H groups in total. The average Bonchev–Trinajstić information content (AvgIpc) is 3.05. The molecule has 1 aliphatic heterocycles. The first-order valence-corrected chi connectivity index (χ1v) is 9.07. The molecule has 26 heavy (non-hydrogen) atoms. The summed E-state index contributed by atoms with van der Waals surface area (Å²) in [6.45, 7) is 4.06. The average molecular weight is 358 g/mol. The van der Waals surface area contributed by atoms with Crippen molar-refractivity contribution in [1.82, 2.24) is 20.2 Å². The molecular weight excluding hydrogens is 332 g/mol. The fraction of sp³-hybridized carbons (Fsp3) is 0.526. The van der Waals surface area contributed by atoms with E-state index < -0.39 is 0 Å². The van der Waals surface area contributed by atoms with Gasteiger partial charge in [0.05, 0.1) is 23.6 Å². The van der Waals surface area contributed by atoms with E-state index in [1.807, 2.05) is 25.1 Å². The number of H-pyrrole nitrogens is 1.